The number of carbonyl (C=O) groups is 2. The van der Waals surface area contributed by atoms with Crippen LogP contribution < -0.4 is 0 Å². The molecule has 1 saturated heterocycles. The van der Waals surface area contributed by atoms with E-state index < -0.39 is 5.97 Å². The number of carboxylic acids is 1. The maximum atomic E-state index is 12.6. The van der Waals surface area contributed by atoms with Crippen LogP contribution in [-0.2, 0) is 4.79 Å². The zero-order chi connectivity index (χ0) is 15.4. The van der Waals surface area contributed by atoms with E-state index in [2.05, 4.69) is 0 Å². The summed E-state index contributed by atoms with van der Waals surface area (Å²) in [5.41, 5.74) is 0.705. The average molecular weight is 293 g/mol. The maximum Gasteiger partial charge on any atom is 0.317 e. The summed E-state index contributed by atoms with van der Waals surface area (Å²) in [4.78, 5) is 27.1. The summed E-state index contributed by atoms with van der Waals surface area (Å²) in [7, 11) is 0. The molecule has 6 heteroatoms. The molecule has 0 unspecified atom stereocenters. The standard InChI is InChI=1S/C15H23N3O3/c1-12(2)18-8-3-5-13(18)15(21)17-7-4-6-16(9-10-17)11-14(19)20/h3,5,8,12H,4,6-7,9-11H2,1-2H3,(H,19,20). The first-order chi connectivity index (χ1) is 9.99. The summed E-state index contributed by atoms with van der Waals surface area (Å²) in [6.07, 6.45) is 2.73. The smallest absolute Gasteiger partial charge is 0.317 e. The molecule has 0 aromatic carbocycles. The highest BCUT2D eigenvalue weighted by Gasteiger charge is 2.23. The highest BCUT2D eigenvalue weighted by Crippen LogP contribution is 2.14. The molecule has 21 heavy (non-hydrogen) atoms. The van der Waals surface area contributed by atoms with E-state index >= 15 is 0 Å². The molecule has 0 atom stereocenters. The van der Waals surface area contributed by atoms with Crippen molar-refractivity contribution < 1.29 is 14.7 Å². The number of hydrogen-bond acceptors (Lipinski definition) is 3. The lowest BCUT2D eigenvalue weighted by molar-refractivity contribution is -0.138. The zero-order valence-corrected chi connectivity index (χ0v) is 12.7. The lowest BCUT2D eigenvalue weighted by Crippen LogP contribution is -2.37. The van der Waals surface area contributed by atoms with Gasteiger partial charge in [-0.1, -0.05) is 0 Å². The molecule has 0 bridgehead atoms. The Kier molecular flexibility index (Phi) is 5.01. The first-order valence-electron chi connectivity index (χ1n) is 7.39. The lowest BCUT2D eigenvalue weighted by Gasteiger charge is -2.22. The monoisotopic (exact) mass is 293 g/mol. The second-order valence-corrected chi connectivity index (χ2v) is 5.71. The summed E-state index contributed by atoms with van der Waals surface area (Å²) >= 11 is 0. The van der Waals surface area contributed by atoms with Gasteiger partial charge in [0.05, 0.1) is 6.54 Å². The molecule has 1 N–H and O–H groups in total. The Bertz CT molecular complexity index is 510. The summed E-state index contributed by atoms with van der Waals surface area (Å²) in [6.45, 7) is 6.74. The second-order valence-electron chi connectivity index (χ2n) is 5.71. The maximum absolute atomic E-state index is 12.6. The van der Waals surface area contributed by atoms with Crippen LogP contribution in [0.4, 0.5) is 0 Å². The molecular weight excluding hydrogens is 270 g/mol. The quantitative estimate of drug-likeness (QED) is 0.909. The van der Waals surface area contributed by atoms with Crippen LogP contribution in [0.15, 0.2) is 18.3 Å². The van der Waals surface area contributed by atoms with E-state index in [1.54, 1.807) is 0 Å². The highest BCUT2D eigenvalue weighted by molar-refractivity contribution is 5.92. The normalized spacial score (nSPS) is 17.0. The predicted molar refractivity (Wildman–Crippen MR) is 79.4 cm³/mol. The molecule has 1 aliphatic rings. The number of aromatic nitrogens is 1. The SMILES string of the molecule is CC(C)n1cccc1C(=O)N1CCCN(CC(=O)O)CC1. The Balaban J connectivity index is 2.03. The van der Waals surface area contributed by atoms with E-state index in [4.69, 9.17) is 5.11 Å². The fraction of sp³-hybridized carbons (Fsp3) is 0.600. The van der Waals surface area contributed by atoms with Gasteiger partial charge < -0.3 is 14.6 Å². The van der Waals surface area contributed by atoms with E-state index in [9.17, 15) is 9.59 Å². The van der Waals surface area contributed by atoms with Crippen LogP contribution in [-0.4, -0.2) is 64.1 Å². The van der Waals surface area contributed by atoms with Gasteiger partial charge in [-0.15, -0.1) is 0 Å². The Morgan fingerprint density at radius 1 is 1.24 bits per heavy atom. The predicted octanol–water partition coefficient (Wildman–Crippen LogP) is 1.30. The molecule has 0 radical (unpaired) electrons. The van der Waals surface area contributed by atoms with E-state index in [1.165, 1.54) is 0 Å². The van der Waals surface area contributed by atoms with E-state index in [1.807, 2.05) is 46.5 Å². The van der Waals surface area contributed by atoms with Gasteiger partial charge in [0.2, 0.25) is 0 Å². The minimum absolute atomic E-state index is 0.0332. The Morgan fingerprint density at radius 2 is 2.00 bits per heavy atom. The van der Waals surface area contributed by atoms with Crippen LogP contribution in [0.3, 0.4) is 0 Å². The minimum Gasteiger partial charge on any atom is -0.480 e. The summed E-state index contributed by atoms with van der Waals surface area (Å²) in [5.74, 6) is -0.783. The number of carboxylic acid groups (broad SMARTS) is 1. The summed E-state index contributed by atoms with van der Waals surface area (Å²) in [5, 5.41) is 8.85. The molecule has 1 amide bonds. The average Bonchev–Trinajstić information content (AvgIpc) is 2.79. The van der Waals surface area contributed by atoms with Gasteiger partial charge in [0.15, 0.2) is 0 Å². The van der Waals surface area contributed by atoms with Crippen molar-refractivity contribution in [3.05, 3.63) is 24.0 Å². The van der Waals surface area contributed by atoms with Gasteiger partial charge in [-0.05, 0) is 32.4 Å². The molecule has 1 aromatic rings. The van der Waals surface area contributed by atoms with Crippen molar-refractivity contribution in [2.45, 2.75) is 26.3 Å². The molecule has 0 spiro atoms. The highest BCUT2D eigenvalue weighted by atomic mass is 16.4. The molecule has 0 saturated carbocycles. The Labute approximate surface area is 124 Å². The largest absolute Gasteiger partial charge is 0.480 e. The van der Waals surface area contributed by atoms with Gasteiger partial charge in [-0.3, -0.25) is 14.5 Å². The van der Waals surface area contributed by atoms with Gasteiger partial charge in [0, 0.05) is 38.4 Å². The number of amides is 1. The van der Waals surface area contributed by atoms with Crippen LogP contribution in [0.25, 0.3) is 0 Å². The number of nitrogens with zero attached hydrogens (tertiary/aromatic N) is 3. The number of hydrogen-bond donors (Lipinski definition) is 1. The molecule has 6 nitrogen and oxygen atoms in total. The first kappa shape index (κ1) is 15.6. The van der Waals surface area contributed by atoms with Crippen molar-refractivity contribution in [3.63, 3.8) is 0 Å². The van der Waals surface area contributed by atoms with Crippen molar-refractivity contribution in [2.24, 2.45) is 0 Å². The number of carbonyl (C=O) groups excluding carboxylic acids is 1. The van der Waals surface area contributed by atoms with Crippen molar-refractivity contribution in [1.82, 2.24) is 14.4 Å². The molecule has 0 aliphatic carbocycles. The first-order valence-corrected chi connectivity index (χ1v) is 7.39. The molecular formula is C15H23N3O3. The molecule has 116 valence electrons. The number of rotatable bonds is 4. The fourth-order valence-electron chi connectivity index (χ4n) is 2.71. The Morgan fingerprint density at radius 3 is 2.67 bits per heavy atom. The van der Waals surface area contributed by atoms with Crippen LogP contribution in [0.5, 0.6) is 0 Å². The third-order valence-electron chi connectivity index (χ3n) is 3.79. The van der Waals surface area contributed by atoms with Crippen molar-refractivity contribution in [1.29, 1.82) is 0 Å². The minimum atomic E-state index is -0.816. The molecule has 1 aliphatic heterocycles. The van der Waals surface area contributed by atoms with Crippen LogP contribution in [0, 0.1) is 0 Å². The third kappa shape index (κ3) is 3.85. The van der Waals surface area contributed by atoms with Gasteiger partial charge in [-0.25, -0.2) is 0 Å². The van der Waals surface area contributed by atoms with Gasteiger partial charge in [0.1, 0.15) is 5.69 Å². The third-order valence-corrected chi connectivity index (χ3v) is 3.79. The van der Waals surface area contributed by atoms with Gasteiger partial charge >= 0.3 is 5.97 Å². The van der Waals surface area contributed by atoms with Crippen LogP contribution in [0.2, 0.25) is 0 Å². The number of aliphatic carboxylic acids is 1. The molecule has 1 aromatic heterocycles. The molecule has 2 heterocycles. The molecule has 2 rings (SSSR count). The van der Waals surface area contributed by atoms with Crippen LogP contribution in [0.1, 0.15) is 36.8 Å². The van der Waals surface area contributed by atoms with Crippen molar-refractivity contribution in [2.75, 3.05) is 32.7 Å². The van der Waals surface area contributed by atoms with Crippen molar-refractivity contribution >= 4 is 11.9 Å². The fourth-order valence-corrected chi connectivity index (χ4v) is 2.71. The van der Waals surface area contributed by atoms with Gasteiger partial charge in [-0.2, -0.15) is 0 Å². The topological polar surface area (TPSA) is 65.8 Å². The lowest BCUT2D eigenvalue weighted by atomic mass is 10.3. The Hall–Kier alpha value is -1.82. The zero-order valence-electron chi connectivity index (χ0n) is 12.7. The van der Waals surface area contributed by atoms with Gasteiger partial charge in [0.25, 0.3) is 5.91 Å². The van der Waals surface area contributed by atoms with Crippen LogP contribution >= 0.6 is 0 Å². The molecule has 1 fully saturated rings. The van der Waals surface area contributed by atoms with E-state index in [0.29, 0.717) is 25.3 Å². The van der Waals surface area contributed by atoms with E-state index in [0.717, 1.165) is 13.0 Å². The van der Waals surface area contributed by atoms with Crippen molar-refractivity contribution in [3.8, 4) is 0 Å². The van der Waals surface area contributed by atoms with E-state index in [-0.39, 0.29) is 18.5 Å². The summed E-state index contributed by atoms with van der Waals surface area (Å²) < 4.78 is 1.97. The summed E-state index contributed by atoms with van der Waals surface area (Å²) in [6, 6.07) is 3.98. The second kappa shape index (κ2) is 6.76.